The lowest BCUT2D eigenvalue weighted by Crippen LogP contribution is -2.41. The molecule has 1 fully saturated rings. The molecule has 1 aromatic carbocycles. The Kier molecular flexibility index (Phi) is 5.68. The second-order valence-corrected chi connectivity index (χ2v) is 7.84. The highest BCUT2D eigenvalue weighted by molar-refractivity contribution is 7.89. The number of nitrogens with zero attached hydrogens (tertiary/aromatic N) is 2. The molecule has 10 heteroatoms. The first-order valence-corrected chi connectivity index (χ1v) is 9.64. The summed E-state index contributed by atoms with van der Waals surface area (Å²) in [6, 6.07) is 7.63. The topological polar surface area (TPSA) is 97.7 Å². The van der Waals surface area contributed by atoms with Crippen molar-refractivity contribution < 1.29 is 22.3 Å². The van der Waals surface area contributed by atoms with Crippen molar-refractivity contribution in [1.82, 2.24) is 8.87 Å². The molecule has 0 aliphatic carbocycles. The van der Waals surface area contributed by atoms with Gasteiger partial charge in [0.1, 0.15) is 12.4 Å². The number of amides is 1. The van der Waals surface area contributed by atoms with E-state index in [0.717, 1.165) is 22.9 Å². The van der Waals surface area contributed by atoms with E-state index in [9.17, 15) is 22.4 Å². The number of aromatic nitrogens is 1. The normalized spacial score (nSPS) is 15.4. The third-order valence-corrected chi connectivity index (χ3v) is 5.87. The van der Waals surface area contributed by atoms with Gasteiger partial charge in [-0.2, -0.15) is 4.31 Å². The molecule has 1 amide bonds. The molecule has 0 spiro atoms. The number of morpholine rings is 1. The summed E-state index contributed by atoms with van der Waals surface area (Å²) < 4.78 is 46.0. The number of carbonyl (C=O) groups is 1. The van der Waals surface area contributed by atoms with Gasteiger partial charge in [-0.3, -0.25) is 9.59 Å². The first-order valence-electron chi connectivity index (χ1n) is 8.20. The molecule has 1 aliphatic rings. The molecule has 0 saturated carbocycles. The average Bonchev–Trinajstić information content (AvgIpc) is 2.64. The summed E-state index contributed by atoms with van der Waals surface area (Å²) in [5.74, 6) is -1.09. The Morgan fingerprint density at radius 2 is 1.93 bits per heavy atom. The molecule has 2 heterocycles. The lowest BCUT2D eigenvalue weighted by molar-refractivity contribution is -0.116. The Morgan fingerprint density at radius 3 is 2.63 bits per heavy atom. The highest BCUT2D eigenvalue weighted by atomic mass is 32.2. The van der Waals surface area contributed by atoms with E-state index < -0.39 is 33.9 Å². The van der Waals surface area contributed by atoms with Crippen molar-refractivity contribution in [2.75, 3.05) is 31.6 Å². The van der Waals surface area contributed by atoms with E-state index >= 15 is 0 Å². The van der Waals surface area contributed by atoms with Crippen LogP contribution in [0.4, 0.5) is 10.1 Å². The Hall–Kier alpha value is -2.56. The predicted molar refractivity (Wildman–Crippen MR) is 95.3 cm³/mol. The highest BCUT2D eigenvalue weighted by Crippen LogP contribution is 2.16. The maximum Gasteiger partial charge on any atom is 0.251 e. The predicted octanol–water partition coefficient (Wildman–Crippen LogP) is 0.647. The van der Waals surface area contributed by atoms with Crippen LogP contribution in [0, 0.1) is 5.82 Å². The van der Waals surface area contributed by atoms with Crippen LogP contribution in [0.5, 0.6) is 0 Å². The fraction of sp³-hybridized carbons (Fsp3) is 0.294. The van der Waals surface area contributed by atoms with Gasteiger partial charge in [0.05, 0.1) is 18.1 Å². The largest absolute Gasteiger partial charge is 0.379 e. The number of hydrogen-bond acceptors (Lipinski definition) is 5. The number of hydrogen-bond donors (Lipinski definition) is 1. The zero-order valence-electron chi connectivity index (χ0n) is 14.3. The van der Waals surface area contributed by atoms with Crippen LogP contribution in [0.3, 0.4) is 0 Å². The lowest BCUT2D eigenvalue weighted by atomic mass is 10.3. The van der Waals surface area contributed by atoms with Crippen molar-refractivity contribution >= 4 is 21.6 Å². The molecule has 0 atom stereocenters. The number of benzene rings is 1. The number of carbonyl (C=O) groups excluding carboxylic acids is 1. The monoisotopic (exact) mass is 395 g/mol. The summed E-state index contributed by atoms with van der Waals surface area (Å²) >= 11 is 0. The average molecular weight is 395 g/mol. The van der Waals surface area contributed by atoms with Crippen molar-refractivity contribution in [3.8, 4) is 0 Å². The molecular weight excluding hydrogens is 377 g/mol. The second kappa shape index (κ2) is 7.99. The molecule has 8 nitrogen and oxygen atoms in total. The number of rotatable bonds is 5. The number of ether oxygens (including phenoxy) is 1. The second-order valence-electron chi connectivity index (χ2n) is 5.91. The van der Waals surface area contributed by atoms with Crippen LogP contribution in [-0.2, 0) is 26.1 Å². The Bertz CT molecular complexity index is 1000. The molecule has 0 radical (unpaired) electrons. The van der Waals surface area contributed by atoms with Gasteiger partial charge in [-0.1, -0.05) is 6.07 Å². The van der Waals surface area contributed by atoms with Crippen LogP contribution in [-0.4, -0.2) is 49.5 Å². The Labute approximate surface area is 155 Å². The maximum absolute atomic E-state index is 13.2. The van der Waals surface area contributed by atoms with Crippen molar-refractivity contribution in [2.24, 2.45) is 0 Å². The number of halogens is 1. The van der Waals surface area contributed by atoms with Crippen LogP contribution < -0.4 is 10.9 Å². The molecule has 1 N–H and O–H groups in total. The number of sulfonamides is 1. The molecule has 144 valence electrons. The number of nitrogens with one attached hydrogen (secondary N) is 1. The fourth-order valence-electron chi connectivity index (χ4n) is 2.64. The zero-order chi connectivity index (χ0) is 19.4. The van der Waals surface area contributed by atoms with Gasteiger partial charge in [-0.25, -0.2) is 12.8 Å². The summed E-state index contributed by atoms with van der Waals surface area (Å²) in [6.07, 6.45) is 1.14. The zero-order valence-corrected chi connectivity index (χ0v) is 15.1. The van der Waals surface area contributed by atoms with Gasteiger partial charge < -0.3 is 14.6 Å². The lowest BCUT2D eigenvalue weighted by Gasteiger charge is -2.26. The van der Waals surface area contributed by atoms with Gasteiger partial charge >= 0.3 is 0 Å². The van der Waals surface area contributed by atoms with Crippen molar-refractivity contribution in [3.05, 3.63) is 58.8 Å². The molecular formula is C17H18FN3O5S. The van der Waals surface area contributed by atoms with E-state index in [4.69, 9.17) is 4.74 Å². The van der Waals surface area contributed by atoms with Crippen LogP contribution >= 0.6 is 0 Å². The van der Waals surface area contributed by atoms with E-state index in [1.54, 1.807) is 0 Å². The quantitative estimate of drug-likeness (QED) is 0.802. The van der Waals surface area contributed by atoms with Crippen LogP contribution in [0.15, 0.2) is 52.3 Å². The third kappa shape index (κ3) is 4.59. The minimum Gasteiger partial charge on any atom is -0.379 e. The fourth-order valence-corrected chi connectivity index (χ4v) is 4.07. The minimum absolute atomic E-state index is 0.0810. The van der Waals surface area contributed by atoms with E-state index in [1.165, 1.54) is 28.6 Å². The van der Waals surface area contributed by atoms with Gasteiger partial charge in [-0.15, -0.1) is 0 Å². The summed E-state index contributed by atoms with van der Waals surface area (Å²) in [6.45, 7) is 0.647. The Balaban J connectivity index is 1.79. The molecule has 2 aromatic rings. The minimum atomic E-state index is -3.79. The van der Waals surface area contributed by atoms with Gasteiger partial charge in [0.2, 0.25) is 15.9 Å². The van der Waals surface area contributed by atoms with Crippen LogP contribution in [0.1, 0.15) is 0 Å². The molecule has 1 aromatic heterocycles. The van der Waals surface area contributed by atoms with Crippen molar-refractivity contribution in [3.63, 3.8) is 0 Å². The van der Waals surface area contributed by atoms with E-state index in [0.29, 0.717) is 13.2 Å². The summed E-state index contributed by atoms with van der Waals surface area (Å²) in [5.41, 5.74) is -0.282. The molecule has 3 rings (SSSR count). The Morgan fingerprint density at radius 1 is 1.19 bits per heavy atom. The van der Waals surface area contributed by atoms with Gasteiger partial charge in [0.15, 0.2) is 0 Å². The summed E-state index contributed by atoms with van der Waals surface area (Å²) in [4.78, 5) is 24.1. The summed E-state index contributed by atoms with van der Waals surface area (Å²) in [5, 5.41) is 2.46. The summed E-state index contributed by atoms with van der Waals surface area (Å²) in [7, 11) is -3.79. The van der Waals surface area contributed by atoms with Gasteiger partial charge in [-0.05, 0) is 24.3 Å². The van der Waals surface area contributed by atoms with Crippen LogP contribution in [0.25, 0.3) is 0 Å². The maximum atomic E-state index is 13.2. The SMILES string of the molecule is O=C(Cn1cc(S(=O)(=O)N2CCOCC2)ccc1=O)Nc1cccc(F)c1. The van der Waals surface area contributed by atoms with Crippen molar-refractivity contribution in [2.45, 2.75) is 11.4 Å². The molecule has 1 saturated heterocycles. The van der Waals surface area contributed by atoms with Crippen LogP contribution in [0.2, 0.25) is 0 Å². The standard InChI is InChI=1S/C17H18FN3O5S/c18-13-2-1-3-14(10-13)19-16(22)12-20-11-15(4-5-17(20)23)27(24,25)21-6-8-26-9-7-21/h1-5,10-11H,6-9,12H2,(H,19,22). The van der Waals surface area contributed by atoms with Gasteiger partial charge in [0.25, 0.3) is 5.56 Å². The first kappa shape index (κ1) is 19.2. The number of anilines is 1. The molecule has 0 bridgehead atoms. The third-order valence-electron chi connectivity index (χ3n) is 3.99. The van der Waals surface area contributed by atoms with Crippen molar-refractivity contribution in [1.29, 1.82) is 0 Å². The molecule has 27 heavy (non-hydrogen) atoms. The van der Waals surface area contributed by atoms with E-state index in [2.05, 4.69) is 5.32 Å². The van der Waals surface area contributed by atoms with E-state index in [-0.39, 0.29) is 23.7 Å². The highest BCUT2D eigenvalue weighted by Gasteiger charge is 2.27. The molecule has 1 aliphatic heterocycles. The smallest absolute Gasteiger partial charge is 0.251 e. The number of pyridine rings is 1. The first-order chi connectivity index (χ1) is 12.9. The van der Waals surface area contributed by atoms with Gasteiger partial charge in [0, 0.05) is 31.0 Å². The van der Waals surface area contributed by atoms with E-state index in [1.807, 2.05) is 0 Å². The molecule has 0 unspecified atom stereocenters.